The number of nitrogens with zero attached hydrogens (tertiary/aromatic N) is 1. The van der Waals surface area contributed by atoms with Crippen molar-refractivity contribution in [2.45, 2.75) is 38.4 Å². The van der Waals surface area contributed by atoms with Gasteiger partial charge >= 0.3 is 6.18 Å². The normalized spacial score (nSPS) is 17.8. The molecule has 5 heteroatoms. The van der Waals surface area contributed by atoms with Crippen molar-refractivity contribution in [2.75, 3.05) is 19.6 Å². The molecule has 21 heavy (non-hydrogen) atoms. The highest BCUT2D eigenvalue weighted by Crippen LogP contribution is 2.34. The Morgan fingerprint density at radius 2 is 1.95 bits per heavy atom. The first-order valence-electron chi connectivity index (χ1n) is 7.56. The number of nitrogens with two attached hydrogens (primary N) is 1. The van der Waals surface area contributed by atoms with Crippen molar-refractivity contribution >= 4 is 0 Å². The highest BCUT2D eigenvalue weighted by molar-refractivity contribution is 5.32. The minimum absolute atomic E-state index is 0.192. The number of alkyl halides is 3. The van der Waals surface area contributed by atoms with Gasteiger partial charge in [-0.25, -0.2) is 0 Å². The quantitative estimate of drug-likeness (QED) is 0.865. The molecule has 0 heterocycles. The molecule has 0 bridgehead atoms. The fourth-order valence-electron chi connectivity index (χ4n) is 2.83. The molecule has 2 rings (SSSR count). The van der Waals surface area contributed by atoms with Crippen LogP contribution in [0.5, 0.6) is 0 Å². The lowest BCUT2D eigenvalue weighted by molar-refractivity contribution is -0.138. The fraction of sp³-hybridized carbons (Fsp3) is 0.625. The molecule has 118 valence electrons. The van der Waals surface area contributed by atoms with Crippen LogP contribution in [0.25, 0.3) is 0 Å². The van der Waals surface area contributed by atoms with Crippen molar-refractivity contribution in [3.63, 3.8) is 0 Å². The van der Waals surface area contributed by atoms with Gasteiger partial charge in [0.05, 0.1) is 5.56 Å². The maximum atomic E-state index is 13.0. The van der Waals surface area contributed by atoms with Gasteiger partial charge in [0.2, 0.25) is 0 Å². The van der Waals surface area contributed by atoms with Crippen LogP contribution in [0.1, 0.15) is 43.4 Å². The minimum atomic E-state index is -4.35. The SMILES string of the molecule is CCN(CC1CCC1)CC(N)c1ccccc1C(F)(F)F. The Balaban J connectivity index is 2.06. The Hall–Kier alpha value is -1.07. The molecule has 1 aromatic carbocycles. The van der Waals surface area contributed by atoms with Gasteiger partial charge < -0.3 is 10.6 Å². The second-order valence-electron chi connectivity index (χ2n) is 5.84. The highest BCUT2D eigenvalue weighted by atomic mass is 19.4. The molecule has 1 saturated carbocycles. The summed E-state index contributed by atoms with van der Waals surface area (Å²) in [4.78, 5) is 2.17. The average Bonchev–Trinajstić information content (AvgIpc) is 2.40. The number of hydrogen-bond donors (Lipinski definition) is 1. The van der Waals surface area contributed by atoms with Gasteiger partial charge in [-0.2, -0.15) is 13.2 Å². The zero-order valence-corrected chi connectivity index (χ0v) is 12.4. The van der Waals surface area contributed by atoms with Crippen LogP contribution in [-0.4, -0.2) is 24.5 Å². The molecule has 1 fully saturated rings. The molecule has 0 radical (unpaired) electrons. The predicted molar refractivity (Wildman–Crippen MR) is 77.8 cm³/mol. The van der Waals surface area contributed by atoms with Crippen LogP contribution >= 0.6 is 0 Å². The summed E-state index contributed by atoms with van der Waals surface area (Å²) in [7, 11) is 0. The summed E-state index contributed by atoms with van der Waals surface area (Å²) in [5, 5.41) is 0. The monoisotopic (exact) mass is 300 g/mol. The van der Waals surface area contributed by atoms with Crippen molar-refractivity contribution in [1.29, 1.82) is 0 Å². The number of benzene rings is 1. The first kappa shape index (κ1) is 16.3. The zero-order valence-electron chi connectivity index (χ0n) is 12.4. The molecule has 0 aromatic heterocycles. The van der Waals surface area contributed by atoms with E-state index in [0.717, 1.165) is 19.2 Å². The molecule has 2 nitrogen and oxygen atoms in total. The first-order valence-corrected chi connectivity index (χ1v) is 7.56. The Morgan fingerprint density at radius 3 is 2.48 bits per heavy atom. The number of hydrogen-bond acceptors (Lipinski definition) is 2. The number of likely N-dealkylation sites (N-methyl/N-ethyl adjacent to an activating group) is 1. The molecule has 1 aromatic rings. The van der Waals surface area contributed by atoms with Crippen molar-refractivity contribution in [3.8, 4) is 0 Å². The first-order chi connectivity index (χ1) is 9.91. The molecule has 0 spiro atoms. The Labute approximate surface area is 124 Å². The summed E-state index contributed by atoms with van der Waals surface area (Å²) in [5.74, 6) is 0.690. The Morgan fingerprint density at radius 1 is 1.29 bits per heavy atom. The molecule has 2 N–H and O–H groups in total. The molecule has 1 aliphatic rings. The largest absolute Gasteiger partial charge is 0.416 e. The average molecular weight is 300 g/mol. The van der Waals surface area contributed by atoms with Crippen molar-refractivity contribution in [1.82, 2.24) is 4.90 Å². The third-order valence-electron chi connectivity index (χ3n) is 4.31. The lowest BCUT2D eigenvalue weighted by Gasteiger charge is -2.33. The second-order valence-corrected chi connectivity index (χ2v) is 5.84. The van der Waals surface area contributed by atoms with E-state index >= 15 is 0 Å². The third-order valence-corrected chi connectivity index (χ3v) is 4.31. The summed E-state index contributed by atoms with van der Waals surface area (Å²) < 4.78 is 39.1. The maximum Gasteiger partial charge on any atom is 0.416 e. The topological polar surface area (TPSA) is 29.3 Å². The lowest BCUT2D eigenvalue weighted by atomic mass is 9.85. The van der Waals surface area contributed by atoms with Crippen LogP contribution in [0.3, 0.4) is 0 Å². The van der Waals surface area contributed by atoms with Crippen molar-refractivity contribution in [3.05, 3.63) is 35.4 Å². The minimum Gasteiger partial charge on any atom is -0.323 e. The fourth-order valence-corrected chi connectivity index (χ4v) is 2.83. The second kappa shape index (κ2) is 6.79. The van der Waals surface area contributed by atoms with Crippen LogP contribution in [0.2, 0.25) is 0 Å². The molecule has 0 amide bonds. The van der Waals surface area contributed by atoms with E-state index in [2.05, 4.69) is 4.90 Å². The molecule has 0 saturated heterocycles. The molecule has 1 unspecified atom stereocenters. The van der Waals surface area contributed by atoms with Gasteiger partial charge in [-0.05, 0) is 36.9 Å². The van der Waals surface area contributed by atoms with Gasteiger partial charge in [-0.1, -0.05) is 31.5 Å². The van der Waals surface area contributed by atoms with Gasteiger partial charge in [0.1, 0.15) is 0 Å². The summed E-state index contributed by atoms with van der Waals surface area (Å²) in [5.41, 5.74) is 5.64. The summed E-state index contributed by atoms with van der Waals surface area (Å²) in [6, 6.07) is 5.02. The van der Waals surface area contributed by atoms with Gasteiger partial charge in [0.15, 0.2) is 0 Å². The molecular weight excluding hydrogens is 277 g/mol. The van der Waals surface area contributed by atoms with Gasteiger partial charge in [-0.3, -0.25) is 0 Å². The molecular formula is C16H23F3N2. The Bertz CT molecular complexity index is 455. The van der Waals surface area contributed by atoms with Crippen molar-refractivity contribution in [2.24, 2.45) is 11.7 Å². The molecule has 0 aliphatic heterocycles. The van der Waals surface area contributed by atoms with E-state index in [1.165, 1.54) is 31.4 Å². The van der Waals surface area contributed by atoms with Crippen LogP contribution in [0.15, 0.2) is 24.3 Å². The standard InChI is InChI=1S/C16H23F3N2/c1-2-21(10-12-6-5-7-12)11-15(20)13-8-3-4-9-14(13)16(17,18)19/h3-4,8-9,12,15H,2,5-7,10-11,20H2,1H3. The highest BCUT2D eigenvalue weighted by Gasteiger charge is 2.34. The maximum absolute atomic E-state index is 13.0. The van der Waals surface area contributed by atoms with Crippen LogP contribution in [-0.2, 0) is 6.18 Å². The number of halogens is 3. The van der Waals surface area contributed by atoms with E-state index < -0.39 is 17.8 Å². The van der Waals surface area contributed by atoms with Crippen molar-refractivity contribution < 1.29 is 13.2 Å². The van der Waals surface area contributed by atoms with Crippen LogP contribution in [0.4, 0.5) is 13.2 Å². The summed E-state index contributed by atoms with van der Waals surface area (Å²) in [6.45, 7) is 4.26. The lowest BCUT2D eigenvalue weighted by Crippen LogP contribution is -2.38. The van der Waals surface area contributed by atoms with Crippen LogP contribution < -0.4 is 5.73 Å². The third kappa shape index (κ3) is 4.20. The molecule has 1 aliphatic carbocycles. The van der Waals surface area contributed by atoms with Gasteiger partial charge in [-0.15, -0.1) is 0 Å². The van der Waals surface area contributed by atoms with E-state index in [9.17, 15) is 13.2 Å². The van der Waals surface area contributed by atoms with E-state index in [4.69, 9.17) is 5.73 Å². The molecule has 1 atom stereocenters. The summed E-state index contributed by atoms with van der Waals surface area (Å²) in [6.07, 6.45) is -0.625. The van der Waals surface area contributed by atoms with E-state index in [0.29, 0.717) is 12.5 Å². The zero-order chi connectivity index (χ0) is 15.5. The Kier molecular flexibility index (Phi) is 5.27. The smallest absolute Gasteiger partial charge is 0.323 e. The summed E-state index contributed by atoms with van der Waals surface area (Å²) >= 11 is 0. The van der Waals surface area contributed by atoms with Gasteiger partial charge in [0, 0.05) is 19.1 Å². The van der Waals surface area contributed by atoms with E-state index in [1.54, 1.807) is 6.07 Å². The van der Waals surface area contributed by atoms with E-state index in [-0.39, 0.29) is 5.56 Å². The van der Waals surface area contributed by atoms with E-state index in [1.807, 2.05) is 6.92 Å². The van der Waals surface area contributed by atoms with Gasteiger partial charge in [0.25, 0.3) is 0 Å². The van der Waals surface area contributed by atoms with Crippen LogP contribution in [0, 0.1) is 5.92 Å². The predicted octanol–water partition coefficient (Wildman–Crippen LogP) is 3.83. The number of rotatable bonds is 6.